The molecular weight excluding hydrogens is 192 g/mol. The fraction of sp³-hybridized carbons (Fsp3) is 0.545. The van der Waals surface area contributed by atoms with E-state index in [1.165, 1.54) is 0 Å². The van der Waals surface area contributed by atoms with Crippen molar-refractivity contribution >= 4 is 5.97 Å². The first-order valence-electron chi connectivity index (χ1n) is 5.26. The first-order chi connectivity index (χ1) is 7.14. The molecule has 84 valence electrons. The molecule has 4 heteroatoms. The molecule has 0 fully saturated rings. The van der Waals surface area contributed by atoms with Crippen LogP contribution in [0.1, 0.15) is 20.3 Å². The van der Waals surface area contributed by atoms with E-state index < -0.39 is 11.5 Å². The summed E-state index contributed by atoms with van der Waals surface area (Å²) in [4.78, 5) is 11.2. The lowest BCUT2D eigenvalue weighted by Gasteiger charge is -2.28. The molecule has 4 nitrogen and oxygen atoms in total. The predicted molar refractivity (Wildman–Crippen MR) is 59.6 cm³/mol. The Morgan fingerprint density at radius 2 is 2.27 bits per heavy atom. The topological polar surface area (TPSA) is 61.4 Å². The van der Waals surface area contributed by atoms with E-state index in [4.69, 9.17) is 0 Å². The highest BCUT2D eigenvalue weighted by Gasteiger charge is 2.35. The molecule has 0 radical (unpaired) electrons. The lowest BCUT2D eigenvalue weighted by Crippen LogP contribution is -2.51. The minimum absolute atomic E-state index is 0.481. The standard InChI is InChI=1S/C11H18N2O2/c1-3-12-9-5-7-11(8-6-9,10(14)15)13-4-2/h5-7,12-13H,3-4,8H2,1-2H3,(H,14,15). The molecule has 0 bridgehead atoms. The molecule has 0 saturated carbocycles. The van der Waals surface area contributed by atoms with Crippen LogP contribution in [0.4, 0.5) is 0 Å². The maximum absolute atomic E-state index is 11.2. The van der Waals surface area contributed by atoms with E-state index in [0.29, 0.717) is 13.0 Å². The highest BCUT2D eigenvalue weighted by atomic mass is 16.4. The number of aliphatic carboxylic acids is 1. The van der Waals surface area contributed by atoms with Gasteiger partial charge in [-0.2, -0.15) is 0 Å². The van der Waals surface area contributed by atoms with E-state index in [1.54, 1.807) is 6.08 Å². The third kappa shape index (κ3) is 2.59. The Morgan fingerprint density at radius 3 is 2.67 bits per heavy atom. The highest BCUT2D eigenvalue weighted by Crippen LogP contribution is 2.20. The molecule has 1 atom stereocenters. The number of carboxylic acid groups (broad SMARTS) is 1. The average Bonchev–Trinajstić information content (AvgIpc) is 2.21. The zero-order valence-corrected chi connectivity index (χ0v) is 9.21. The second-order valence-corrected chi connectivity index (χ2v) is 3.53. The van der Waals surface area contributed by atoms with Crippen molar-refractivity contribution < 1.29 is 9.90 Å². The van der Waals surface area contributed by atoms with Gasteiger partial charge in [0.1, 0.15) is 5.54 Å². The van der Waals surface area contributed by atoms with Gasteiger partial charge in [0, 0.05) is 18.7 Å². The summed E-state index contributed by atoms with van der Waals surface area (Å²) in [6, 6.07) is 0. The fourth-order valence-corrected chi connectivity index (χ4v) is 1.66. The Balaban J connectivity index is 2.75. The van der Waals surface area contributed by atoms with E-state index in [-0.39, 0.29) is 0 Å². The Bertz CT molecular complexity index is 297. The Labute approximate surface area is 90.1 Å². The number of nitrogens with one attached hydrogen (secondary N) is 2. The third-order valence-corrected chi connectivity index (χ3v) is 2.45. The number of allylic oxidation sites excluding steroid dienone is 1. The van der Waals surface area contributed by atoms with Gasteiger partial charge in [0.15, 0.2) is 0 Å². The SMILES string of the molecule is CCNC1=CCC(NCC)(C(=O)O)C=C1. The molecule has 1 rings (SSSR count). The van der Waals surface area contributed by atoms with Crippen LogP contribution in [0, 0.1) is 0 Å². The smallest absolute Gasteiger partial charge is 0.328 e. The van der Waals surface area contributed by atoms with Crippen LogP contribution in [0.5, 0.6) is 0 Å². The Kier molecular flexibility index (Phi) is 3.91. The molecule has 1 aliphatic carbocycles. The van der Waals surface area contributed by atoms with Gasteiger partial charge < -0.3 is 10.4 Å². The summed E-state index contributed by atoms with van der Waals surface area (Å²) in [7, 11) is 0. The summed E-state index contributed by atoms with van der Waals surface area (Å²) in [5, 5.41) is 15.3. The van der Waals surface area contributed by atoms with Crippen molar-refractivity contribution in [1.82, 2.24) is 10.6 Å². The minimum Gasteiger partial charge on any atom is -0.480 e. The van der Waals surface area contributed by atoms with Crippen molar-refractivity contribution in [2.24, 2.45) is 0 Å². The van der Waals surface area contributed by atoms with Crippen molar-refractivity contribution in [3.8, 4) is 0 Å². The van der Waals surface area contributed by atoms with E-state index in [2.05, 4.69) is 10.6 Å². The van der Waals surface area contributed by atoms with Crippen LogP contribution in [-0.2, 0) is 4.79 Å². The van der Waals surface area contributed by atoms with Crippen molar-refractivity contribution in [3.05, 3.63) is 23.9 Å². The molecular formula is C11H18N2O2. The molecule has 1 aliphatic rings. The van der Waals surface area contributed by atoms with Gasteiger partial charge in [0.2, 0.25) is 0 Å². The third-order valence-electron chi connectivity index (χ3n) is 2.45. The van der Waals surface area contributed by atoms with Crippen molar-refractivity contribution in [2.45, 2.75) is 25.8 Å². The largest absolute Gasteiger partial charge is 0.480 e. The molecule has 15 heavy (non-hydrogen) atoms. The molecule has 0 aromatic rings. The zero-order valence-electron chi connectivity index (χ0n) is 9.21. The van der Waals surface area contributed by atoms with Gasteiger partial charge in [-0.3, -0.25) is 5.32 Å². The monoisotopic (exact) mass is 210 g/mol. The van der Waals surface area contributed by atoms with Crippen LogP contribution in [0.15, 0.2) is 23.9 Å². The summed E-state index contributed by atoms with van der Waals surface area (Å²) in [6.07, 6.45) is 5.94. The van der Waals surface area contributed by atoms with E-state index in [9.17, 15) is 9.90 Å². The van der Waals surface area contributed by atoms with Crippen LogP contribution in [-0.4, -0.2) is 29.7 Å². The molecule has 0 heterocycles. The second-order valence-electron chi connectivity index (χ2n) is 3.53. The van der Waals surface area contributed by atoms with Gasteiger partial charge in [-0.05, 0) is 19.5 Å². The maximum Gasteiger partial charge on any atom is 0.328 e. The normalized spacial score (nSPS) is 24.8. The van der Waals surface area contributed by atoms with Crippen molar-refractivity contribution in [3.63, 3.8) is 0 Å². The van der Waals surface area contributed by atoms with Crippen LogP contribution < -0.4 is 10.6 Å². The molecule has 0 aliphatic heterocycles. The number of carbonyl (C=O) groups is 1. The van der Waals surface area contributed by atoms with E-state index in [0.717, 1.165) is 12.2 Å². The van der Waals surface area contributed by atoms with Gasteiger partial charge in [-0.15, -0.1) is 0 Å². The summed E-state index contributed by atoms with van der Waals surface area (Å²) >= 11 is 0. The second kappa shape index (κ2) is 4.98. The fourth-order valence-electron chi connectivity index (χ4n) is 1.66. The first-order valence-corrected chi connectivity index (χ1v) is 5.26. The van der Waals surface area contributed by atoms with Crippen LogP contribution in [0.25, 0.3) is 0 Å². The van der Waals surface area contributed by atoms with Gasteiger partial charge in [-0.1, -0.05) is 19.1 Å². The maximum atomic E-state index is 11.2. The lowest BCUT2D eigenvalue weighted by molar-refractivity contribution is -0.142. The summed E-state index contributed by atoms with van der Waals surface area (Å²) < 4.78 is 0. The quantitative estimate of drug-likeness (QED) is 0.630. The molecule has 0 saturated heterocycles. The molecule has 1 unspecified atom stereocenters. The van der Waals surface area contributed by atoms with Crippen molar-refractivity contribution in [2.75, 3.05) is 13.1 Å². The van der Waals surface area contributed by atoms with Crippen LogP contribution in [0.2, 0.25) is 0 Å². The molecule has 3 N–H and O–H groups in total. The average molecular weight is 210 g/mol. The van der Waals surface area contributed by atoms with Crippen LogP contribution >= 0.6 is 0 Å². The zero-order chi connectivity index (χ0) is 11.3. The molecule has 0 amide bonds. The van der Waals surface area contributed by atoms with E-state index in [1.807, 2.05) is 26.0 Å². The van der Waals surface area contributed by atoms with Gasteiger partial charge in [-0.25, -0.2) is 4.79 Å². The minimum atomic E-state index is -0.923. The van der Waals surface area contributed by atoms with E-state index >= 15 is 0 Å². The molecule has 0 aromatic heterocycles. The molecule has 0 spiro atoms. The van der Waals surface area contributed by atoms with Gasteiger partial charge in [0.25, 0.3) is 0 Å². The number of hydrogen-bond acceptors (Lipinski definition) is 3. The number of carboxylic acids is 1. The van der Waals surface area contributed by atoms with Crippen molar-refractivity contribution in [1.29, 1.82) is 0 Å². The Hall–Kier alpha value is -1.29. The number of rotatable bonds is 5. The summed E-state index contributed by atoms with van der Waals surface area (Å²) in [5.41, 5.74) is 0.0699. The summed E-state index contributed by atoms with van der Waals surface area (Å²) in [5.74, 6) is -0.826. The summed E-state index contributed by atoms with van der Waals surface area (Å²) in [6.45, 7) is 5.40. The Morgan fingerprint density at radius 1 is 1.53 bits per heavy atom. The van der Waals surface area contributed by atoms with Crippen LogP contribution in [0.3, 0.4) is 0 Å². The van der Waals surface area contributed by atoms with Gasteiger partial charge >= 0.3 is 5.97 Å². The van der Waals surface area contributed by atoms with Gasteiger partial charge in [0.05, 0.1) is 0 Å². The first kappa shape index (κ1) is 11.8. The predicted octanol–water partition coefficient (Wildman–Crippen LogP) is 0.873. The number of hydrogen-bond donors (Lipinski definition) is 3. The highest BCUT2D eigenvalue weighted by molar-refractivity contribution is 5.82. The lowest BCUT2D eigenvalue weighted by atomic mass is 9.90. The molecule has 0 aromatic carbocycles. The number of likely N-dealkylation sites (N-methyl/N-ethyl adjacent to an activating group) is 2.